The van der Waals surface area contributed by atoms with E-state index in [1.807, 2.05) is 30.3 Å². The molecule has 4 aromatic rings. The minimum Gasteiger partial charge on any atom is -0.441 e. The van der Waals surface area contributed by atoms with Gasteiger partial charge < -0.3 is 9.73 Å². The first-order chi connectivity index (χ1) is 15.2. The van der Waals surface area contributed by atoms with Gasteiger partial charge in [-0.2, -0.15) is 0 Å². The van der Waals surface area contributed by atoms with Crippen LogP contribution in [-0.2, 0) is 11.2 Å². The van der Waals surface area contributed by atoms with Gasteiger partial charge in [0.05, 0.1) is 11.8 Å². The quantitative estimate of drug-likeness (QED) is 0.477. The number of carbonyl (C=O) groups is 1. The maximum Gasteiger partial charge on any atom is 0.224 e. The molecule has 5 nitrogen and oxygen atoms in total. The highest BCUT2D eigenvalue weighted by molar-refractivity contribution is 5.91. The SMILES string of the molecule is O=C(CCc1ncc(-c2ccccc2F)o1)Nc1cccc(C#Cc2ccccn2)c1. The number of nitrogens with one attached hydrogen (secondary N) is 1. The van der Waals surface area contributed by atoms with Gasteiger partial charge in [0.15, 0.2) is 11.7 Å². The molecule has 0 radical (unpaired) electrons. The number of aryl methyl sites for hydroxylation is 1. The summed E-state index contributed by atoms with van der Waals surface area (Å²) in [6.45, 7) is 0. The van der Waals surface area contributed by atoms with E-state index in [-0.39, 0.29) is 18.1 Å². The van der Waals surface area contributed by atoms with Crippen LogP contribution >= 0.6 is 0 Å². The number of halogens is 1. The molecule has 2 aromatic heterocycles. The molecule has 0 aliphatic heterocycles. The average molecular weight is 411 g/mol. The Kier molecular flexibility index (Phi) is 6.15. The van der Waals surface area contributed by atoms with Crippen LogP contribution < -0.4 is 5.32 Å². The van der Waals surface area contributed by atoms with Gasteiger partial charge in [0.1, 0.15) is 11.5 Å². The van der Waals surface area contributed by atoms with Crippen LogP contribution in [0, 0.1) is 17.7 Å². The molecule has 0 spiro atoms. The second-order valence-electron chi connectivity index (χ2n) is 6.69. The molecule has 0 saturated carbocycles. The molecule has 0 unspecified atom stereocenters. The second kappa shape index (κ2) is 9.51. The molecule has 0 fully saturated rings. The Hall–Kier alpha value is -4.24. The molecule has 0 aliphatic rings. The highest BCUT2D eigenvalue weighted by atomic mass is 19.1. The largest absolute Gasteiger partial charge is 0.441 e. The summed E-state index contributed by atoms with van der Waals surface area (Å²) >= 11 is 0. The van der Waals surface area contributed by atoms with Gasteiger partial charge in [-0.3, -0.25) is 4.79 Å². The third-order valence-electron chi connectivity index (χ3n) is 4.40. The first-order valence-electron chi connectivity index (χ1n) is 9.70. The van der Waals surface area contributed by atoms with Gasteiger partial charge in [0, 0.05) is 30.3 Å². The first kappa shape index (κ1) is 20.0. The Morgan fingerprint density at radius 3 is 2.71 bits per heavy atom. The lowest BCUT2D eigenvalue weighted by molar-refractivity contribution is -0.116. The smallest absolute Gasteiger partial charge is 0.224 e. The molecular formula is C25H18FN3O2. The number of benzene rings is 2. The molecule has 31 heavy (non-hydrogen) atoms. The number of rotatable bonds is 5. The van der Waals surface area contributed by atoms with E-state index in [1.165, 1.54) is 12.3 Å². The summed E-state index contributed by atoms with van der Waals surface area (Å²) in [5.41, 5.74) is 2.44. The molecule has 0 aliphatic carbocycles. The summed E-state index contributed by atoms with van der Waals surface area (Å²) in [6, 6.07) is 19.1. The number of aromatic nitrogens is 2. The van der Waals surface area contributed by atoms with Gasteiger partial charge in [-0.05, 0) is 48.4 Å². The fraction of sp³-hybridized carbons (Fsp3) is 0.0800. The predicted octanol–water partition coefficient (Wildman–Crippen LogP) is 4.85. The third-order valence-corrected chi connectivity index (χ3v) is 4.40. The molecule has 2 aromatic carbocycles. The van der Waals surface area contributed by atoms with Crippen molar-refractivity contribution in [3.8, 4) is 23.2 Å². The van der Waals surface area contributed by atoms with Crippen LogP contribution in [0.1, 0.15) is 23.6 Å². The van der Waals surface area contributed by atoms with Gasteiger partial charge in [0.25, 0.3) is 0 Å². The maximum atomic E-state index is 13.9. The summed E-state index contributed by atoms with van der Waals surface area (Å²) in [7, 11) is 0. The highest BCUT2D eigenvalue weighted by Crippen LogP contribution is 2.23. The zero-order valence-corrected chi connectivity index (χ0v) is 16.5. The van der Waals surface area contributed by atoms with Crippen molar-refractivity contribution in [2.75, 3.05) is 5.32 Å². The first-order valence-corrected chi connectivity index (χ1v) is 9.70. The predicted molar refractivity (Wildman–Crippen MR) is 116 cm³/mol. The van der Waals surface area contributed by atoms with E-state index in [2.05, 4.69) is 27.1 Å². The van der Waals surface area contributed by atoms with E-state index >= 15 is 0 Å². The summed E-state index contributed by atoms with van der Waals surface area (Å²) in [6.07, 6.45) is 3.64. The van der Waals surface area contributed by atoms with Crippen molar-refractivity contribution in [3.63, 3.8) is 0 Å². The number of carbonyl (C=O) groups excluding carboxylic acids is 1. The average Bonchev–Trinajstić information content (AvgIpc) is 3.26. The number of hydrogen-bond acceptors (Lipinski definition) is 4. The molecule has 6 heteroatoms. The zero-order chi connectivity index (χ0) is 21.5. The molecule has 0 saturated heterocycles. The van der Waals surface area contributed by atoms with Crippen LogP contribution in [-0.4, -0.2) is 15.9 Å². The molecule has 4 rings (SSSR count). The highest BCUT2D eigenvalue weighted by Gasteiger charge is 2.12. The number of anilines is 1. The monoisotopic (exact) mass is 411 g/mol. The lowest BCUT2D eigenvalue weighted by Crippen LogP contribution is -2.12. The molecule has 0 bridgehead atoms. The summed E-state index contributed by atoms with van der Waals surface area (Å²) in [5, 5.41) is 2.85. The normalized spacial score (nSPS) is 10.2. The Bertz CT molecular complexity index is 1260. The number of nitrogens with zero attached hydrogens (tertiary/aromatic N) is 2. The Balaban J connectivity index is 1.35. The lowest BCUT2D eigenvalue weighted by Gasteiger charge is -2.04. The van der Waals surface area contributed by atoms with Gasteiger partial charge >= 0.3 is 0 Å². The molecule has 1 amide bonds. The number of hydrogen-bond donors (Lipinski definition) is 1. The van der Waals surface area contributed by atoms with Crippen LogP contribution in [0.15, 0.2) is 83.5 Å². The van der Waals surface area contributed by atoms with Crippen LogP contribution in [0.3, 0.4) is 0 Å². The van der Waals surface area contributed by atoms with E-state index in [4.69, 9.17) is 4.42 Å². The summed E-state index contributed by atoms with van der Waals surface area (Å²) in [4.78, 5) is 20.6. The topological polar surface area (TPSA) is 68.0 Å². The molecule has 152 valence electrons. The Labute approximate surface area is 179 Å². The van der Waals surface area contributed by atoms with Crippen LogP contribution in [0.2, 0.25) is 0 Å². The van der Waals surface area contributed by atoms with Crippen LogP contribution in [0.25, 0.3) is 11.3 Å². The van der Waals surface area contributed by atoms with Gasteiger partial charge in [-0.15, -0.1) is 0 Å². The van der Waals surface area contributed by atoms with Gasteiger partial charge in [-0.25, -0.2) is 14.4 Å². The van der Waals surface area contributed by atoms with Crippen molar-refractivity contribution in [2.45, 2.75) is 12.8 Å². The van der Waals surface area contributed by atoms with Crippen molar-refractivity contribution >= 4 is 11.6 Å². The van der Waals surface area contributed by atoms with Gasteiger partial charge in [-0.1, -0.05) is 30.2 Å². The fourth-order valence-corrected chi connectivity index (χ4v) is 2.90. The maximum absolute atomic E-state index is 13.9. The number of amides is 1. The van der Waals surface area contributed by atoms with Crippen molar-refractivity contribution in [2.24, 2.45) is 0 Å². The summed E-state index contributed by atoms with van der Waals surface area (Å²) < 4.78 is 19.4. The minimum atomic E-state index is -0.381. The molecule has 1 N–H and O–H groups in total. The molecule has 2 heterocycles. The molecule has 0 atom stereocenters. The summed E-state index contributed by atoms with van der Waals surface area (Å²) in [5.74, 6) is 6.18. The Morgan fingerprint density at radius 1 is 1.00 bits per heavy atom. The third kappa shape index (κ3) is 5.43. The van der Waals surface area contributed by atoms with Crippen molar-refractivity contribution in [3.05, 3.63) is 102 Å². The second-order valence-corrected chi connectivity index (χ2v) is 6.69. The van der Waals surface area contributed by atoms with E-state index in [0.29, 0.717) is 35.0 Å². The number of pyridine rings is 1. The van der Waals surface area contributed by atoms with E-state index in [0.717, 1.165) is 5.56 Å². The van der Waals surface area contributed by atoms with Crippen molar-refractivity contribution in [1.29, 1.82) is 0 Å². The Morgan fingerprint density at radius 2 is 1.87 bits per heavy atom. The van der Waals surface area contributed by atoms with E-state index in [1.54, 1.807) is 36.5 Å². The lowest BCUT2D eigenvalue weighted by atomic mass is 10.2. The van der Waals surface area contributed by atoms with E-state index in [9.17, 15) is 9.18 Å². The van der Waals surface area contributed by atoms with Crippen molar-refractivity contribution in [1.82, 2.24) is 9.97 Å². The van der Waals surface area contributed by atoms with Crippen LogP contribution in [0.4, 0.5) is 10.1 Å². The van der Waals surface area contributed by atoms with Crippen molar-refractivity contribution < 1.29 is 13.6 Å². The number of oxazole rings is 1. The fourth-order valence-electron chi connectivity index (χ4n) is 2.90. The van der Waals surface area contributed by atoms with E-state index < -0.39 is 0 Å². The molecular weight excluding hydrogens is 393 g/mol. The van der Waals surface area contributed by atoms with Crippen LogP contribution in [0.5, 0.6) is 0 Å². The van der Waals surface area contributed by atoms with Gasteiger partial charge in [0.2, 0.25) is 5.91 Å². The minimum absolute atomic E-state index is 0.180. The zero-order valence-electron chi connectivity index (χ0n) is 16.5. The standard InChI is InChI=1S/C25H18FN3O2/c26-22-10-2-1-9-21(22)23-17-28-25(31-23)14-13-24(30)29-20-8-5-6-18(16-20)11-12-19-7-3-4-15-27-19/h1-10,15-17H,13-14H2,(H,29,30).